The Balaban J connectivity index is 0.000000293. The van der Waals surface area contributed by atoms with Gasteiger partial charge in [0.25, 0.3) is 0 Å². The van der Waals surface area contributed by atoms with Crippen molar-refractivity contribution in [3.8, 4) is 5.75 Å². The molecule has 5 heteroatoms. The lowest BCUT2D eigenvalue weighted by atomic mass is 10.2. The first kappa shape index (κ1) is 10.6. The van der Waals surface area contributed by atoms with Crippen molar-refractivity contribution in [3.63, 3.8) is 0 Å². The maximum absolute atomic E-state index is 7.12. The summed E-state index contributed by atoms with van der Waals surface area (Å²) in [6.07, 6.45) is 1.67. The molecular formula is C9H11BO4. The highest BCUT2D eigenvalue weighted by Gasteiger charge is 1.96. The topological polar surface area (TPSA) is 62.8 Å². The zero-order valence-electron chi connectivity index (χ0n) is 7.80. The van der Waals surface area contributed by atoms with Gasteiger partial charge in [0.15, 0.2) is 0 Å². The summed E-state index contributed by atoms with van der Waals surface area (Å²) in [6, 6.07) is 7.64. The zero-order valence-corrected chi connectivity index (χ0v) is 7.80. The second kappa shape index (κ2) is 5.31. The minimum atomic E-state index is -0.750. The van der Waals surface area contributed by atoms with Crippen LogP contribution in [-0.2, 0) is 0 Å². The van der Waals surface area contributed by atoms with E-state index in [-0.39, 0.29) is 0 Å². The van der Waals surface area contributed by atoms with Crippen molar-refractivity contribution in [2.45, 2.75) is 0 Å². The van der Waals surface area contributed by atoms with E-state index in [2.05, 4.69) is 0 Å². The molecule has 4 nitrogen and oxygen atoms in total. The number of methoxy groups -OCH3 is 1. The van der Waals surface area contributed by atoms with Crippen LogP contribution in [0.2, 0.25) is 0 Å². The van der Waals surface area contributed by atoms with Crippen LogP contribution in [0.4, 0.5) is 0 Å². The van der Waals surface area contributed by atoms with E-state index in [9.17, 15) is 0 Å². The standard InChI is InChI=1S/C9H8O2.BH3O2/c1-10-8-2-3-9-7(6-8)4-5-11-9;2-1-3/h2-6H,1H3;1-3H. The molecule has 74 valence electrons. The van der Waals surface area contributed by atoms with Gasteiger partial charge < -0.3 is 19.2 Å². The average molecular weight is 194 g/mol. The Morgan fingerprint density at radius 3 is 2.64 bits per heavy atom. The number of fused-ring (bicyclic) bond motifs is 1. The van der Waals surface area contributed by atoms with E-state index in [0.29, 0.717) is 0 Å². The van der Waals surface area contributed by atoms with E-state index in [1.807, 2.05) is 24.3 Å². The Hall–Kier alpha value is -1.46. The van der Waals surface area contributed by atoms with Crippen LogP contribution in [0.3, 0.4) is 0 Å². The highest BCUT2D eigenvalue weighted by molar-refractivity contribution is 6.13. The van der Waals surface area contributed by atoms with Gasteiger partial charge in [-0.3, -0.25) is 0 Å². The van der Waals surface area contributed by atoms with Gasteiger partial charge in [0.2, 0.25) is 0 Å². The Bertz CT molecular complexity index is 385. The van der Waals surface area contributed by atoms with Crippen LogP contribution in [0.25, 0.3) is 11.0 Å². The summed E-state index contributed by atoms with van der Waals surface area (Å²) < 4.78 is 10.2. The monoisotopic (exact) mass is 194 g/mol. The summed E-state index contributed by atoms with van der Waals surface area (Å²) in [5.41, 5.74) is 0.894. The molecule has 0 radical (unpaired) electrons. The molecule has 0 aliphatic heterocycles. The summed E-state index contributed by atoms with van der Waals surface area (Å²) in [5, 5.41) is 15.3. The number of rotatable bonds is 1. The van der Waals surface area contributed by atoms with Gasteiger partial charge in [0.1, 0.15) is 11.3 Å². The van der Waals surface area contributed by atoms with Gasteiger partial charge in [-0.1, -0.05) is 0 Å². The highest BCUT2D eigenvalue weighted by atomic mass is 16.5. The van der Waals surface area contributed by atoms with Crippen molar-refractivity contribution >= 4 is 18.7 Å². The zero-order chi connectivity index (χ0) is 10.4. The molecule has 0 spiro atoms. The fourth-order valence-corrected chi connectivity index (χ4v) is 1.07. The van der Waals surface area contributed by atoms with E-state index in [1.165, 1.54) is 0 Å². The minimum absolute atomic E-state index is 0.750. The first-order valence-corrected chi connectivity index (χ1v) is 4.04. The second-order valence-corrected chi connectivity index (χ2v) is 2.47. The van der Waals surface area contributed by atoms with Crippen molar-refractivity contribution in [1.82, 2.24) is 0 Å². The third-order valence-electron chi connectivity index (χ3n) is 1.66. The molecule has 0 atom stereocenters. The van der Waals surface area contributed by atoms with Gasteiger partial charge in [-0.05, 0) is 24.3 Å². The number of hydrogen-bond donors (Lipinski definition) is 2. The Morgan fingerprint density at radius 1 is 1.29 bits per heavy atom. The lowest BCUT2D eigenvalue weighted by molar-refractivity contribution is 0.415. The minimum Gasteiger partial charge on any atom is -0.497 e. The number of benzene rings is 1. The number of hydrogen-bond acceptors (Lipinski definition) is 4. The first-order chi connectivity index (χ1) is 6.81. The average Bonchev–Trinajstić information content (AvgIpc) is 2.65. The molecule has 0 amide bonds. The molecule has 1 heterocycles. The Morgan fingerprint density at radius 2 is 2.00 bits per heavy atom. The smallest absolute Gasteiger partial charge is 0.432 e. The third kappa shape index (κ3) is 2.51. The summed E-state index contributed by atoms with van der Waals surface area (Å²) in [4.78, 5) is 0. The summed E-state index contributed by atoms with van der Waals surface area (Å²) in [5.74, 6) is 0.860. The second-order valence-electron chi connectivity index (χ2n) is 2.47. The third-order valence-corrected chi connectivity index (χ3v) is 1.66. The molecule has 1 aromatic heterocycles. The van der Waals surface area contributed by atoms with Crippen molar-refractivity contribution in [2.24, 2.45) is 0 Å². The quantitative estimate of drug-likeness (QED) is 0.655. The summed E-state index contributed by atoms with van der Waals surface area (Å²) in [7, 11) is 0.904. The maximum Gasteiger partial charge on any atom is 0.432 e. The Kier molecular flexibility index (Phi) is 4.03. The molecule has 0 fully saturated rings. The molecule has 0 bridgehead atoms. The predicted molar refractivity (Wildman–Crippen MR) is 54.4 cm³/mol. The van der Waals surface area contributed by atoms with Gasteiger partial charge in [-0.25, -0.2) is 0 Å². The van der Waals surface area contributed by atoms with Crippen LogP contribution < -0.4 is 4.74 Å². The molecule has 0 saturated heterocycles. The largest absolute Gasteiger partial charge is 0.497 e. The van der Waals surface area contributed by atoms with Gasteiger partial charge in [-0.2, -0.15) is 0 Å². The molecule has 1 aromatic carbocycles. The van der Waals surface area contributed by atoms with Crippen LogP contribution in [0.5, 0.6) is 5.75 Å². The van der Waals surface area contributed by atoms with E-state index >= 15 is 0 Å². The van der Waals surface area contributed by atoms with Crippen molar-refractivity contribution in [2.75, 3.05) is 7.11 Å². The summed E-state index contributed by atoms with van der Waals surface area (Å²) >= 11 is 0. The lowest BCUT2D eigenvalue weighted by Gasteiger charge is -1.96. The van der Waals surface area contributed by atoms with Crippen LogP contribution in [-0.4, -0.2) is 24.8 Å². The first-order valence-electron chi connectivity index (χ1n) is 4.04. The van der Waals surface area contributed by atoms with E-state index < -0.39 is 7.69 Å². The molecular weight excluding hydrogens is 183 g/mol. The van der Waals surface area contributed by atoms with Crippen LogP contribution >= 0.6 is 0 Å². The number of furan rings is 1. The Labute approximate surface area is 82.0 Å². The van der Waals surface area contributed by atoms with Crippen molar-refractivity contribution in [1.29, 1.82) is 0 Å². The van der Waals surface area contributed by atoms with E-state index in [1.54, 1.807) is 13.4 Å². The maximum atomic E-state index is 7.12. The summed E-state index contributed by atoms with van der Waals surface area (Å²) in [6.45, 7) is 0. The van der Waals surface area contributed by atoms with Crippen LogP contribution in [0.15, 0.2) is 34.9 Å². The lowest BCUT2D eigenvalue weighted by Crippen LogP contribution is -1.79. The molecule has 2 N–H and O–H groups in total. The van der Waals surface area contributed by atoms with Gasteiger partial charge >= 0.3 is 7.69 Å². The van der Waals surface area contributed by atoms with Crippen LogP contribution in [0.1, 0.15) is 0 Å². The fraction of sp³-hybridized carbons (Fsp3) is 0.111. The van der Waals surface area contributed by atoms with Gasteiger partial charge in [0.05, 0.1) is 13.4 Å². The molecule has 2 aromatic rings. The molecule has 0 aliphatic rings. The van der Waals surface area contributed by atoms with Gasteiger partial charge in [0, 0.05) is 5.39 Å². The molecule has 0 saturated carbocycles. The van der Waals surface area contributed by atoms with E-state index in [0.717, 1.165) is 16.7 Å². The highest BCUT2D eigenvalue weighted by Crippen LogP contribution is 2.20. The number of ether oxygens (including phenoxy) is 1. The SMILES string of the molecule is COc1ccc2occc2c1.OBO. The molecule has 14 heavy (non-hydrogen) atoms. The van der Waals surface area contributed by atoms with Crippen molar-refractivity contribution < 1.29 is 19.2 Å². The molecule has 2 rings (SSSR count). The fourth-order valence-electron chi connectivity index (χ4n) is 1.07. The van der Waals surface area contributed by atoms with Gasteiger partial charge in [-0.15, -0.1) is 0 Å². The molecule has 0 unspecified atom stereocenters. The molecule has 0 aliphatic carbocycles. The van der Waals surface area contributed by atoms with E-state index in [4.69, 9.17) is 19.2 Å². The predicted octanol–water partition coefficient (Wildman–Crippen LogP) is 0.679. The normalized spacial score (nSPS) is 9.07. The van der Waals surface area contributed by atoms with Crippen molar-refractivity contribution in [3.05, 3.63) is 30.5 Å². The van der Waals surface area contributed by atoms with Crippen LogP contribution in [0, 0.1) is 0 Å².